The third kappa shape index (κ3) is 4.36. The number of fused-ring (bicyclic) bond motifs is 1. The zero-order valence-electron chi connectivity index (χ0n) is 12.7. The van der Waals surface area contributed by atoms with Gasteiger partial charge < -0.3 is 5.32 Å². The number of nitrogens with zero attached hydrogens (tertiary/aromatic N) is 1. The van der Waals surface area contributed by atoms with E-state index in [2.05, 4.69) is 21.2 Å². The number of para-hydroxylation sites is 1. The lowest BCUT2D eigenvalue weighted by Gasteiger charge is -2.12. The summed E-state index contributed by atoms with van der Waals surface area (Å²) in [6.07, 6.45) is 0. The van der Waals surface area contributed by atoms with Crippen molar-refractivity contribution in [3.63, 3.8) is 0 Å². The van der Waals surface area contributed by atoms with Crippen molar-refractivity contribution in [2.24, 2.45) is 0 Å². The van der Waals surface area contributed by atoms with Crippen molar-refractivity contribution in [2.75, 3.05) is 5.32 Å². The number of hydrazine groups is 1. The van der Waals surface area contributed by atoms with Crippen molar-refractivity contribution < 1.29 is 4.79 Å². The van der Waals surface area contributed by atoms with Crippen molar-refractivity contribution in [3.05, 3.63) is 70.3 Å². The fourth-order valence-electron chi connectivity index (χ4n) is 2.11. The molecular weight excluding hydrogens is 379 g/mol. The summed E-state index contributed by atoms with van der Waals surface area (Å²) >= 11 is 17.0. The molecule has 0 saturated carbocycles. The maximum Gasteiger partial charge on any atom is 0.288 e. The van der Waals surface area contributed by atoms with Crippen LogP contribution in [0, 0.1) is 0 Å². The largest absolute Gasteiger partial charge is 0.330 e. The second-order valence-electron chi connectivity index (χ2n) is 5.05. The van der Waals surface area contributed by atoms with Gasteiger partial charge in [0.2, 0.25) is 0 Å². The molecule has 0 saturated heterocycles. The number of aromatic nitrogens is 1. The van der Waals surface area contributed by atoms with Gasteiger partial charge in [-0.25, -0.2) is 4.98 Å². The minimum Gasteiger partial charge on any atom is -0.330 e. The molecule has 0 radical (unpaired) electrons. The Labute approximate surface area is 159 Å². The molecule has 0 unspecified atom stereocenters. The molecular formula is C17H12Cl2N4OS. The molecule has 0 spiro atoms. The molecule has 0 aliphatic rings. The van der Waals surface area contributed by atoms with Gasteiger partial charge in [0.25, 0.3) is 5.91 Å². The number of amides is 1. The predicted octanol–water partition coefficient (Wildman–Crippen LogP) is 4.17. The van der Waals surface area contributed by atoms with Crippen LogP contribution in [-0.4, -0.2) is 16.0 Å². The second kappa shape index (κ2) is 7.65. The van der Waals surface area contributed by atoms with E-state index in [4.69, 9.17) is 35.4 Å². The Hall–Kier alpha value is -2.41. The molecule has 3 N–H and O–H groups in total. The number of benzene rings is 2. The average Bonchev–Trinajstić information content (AvgIpc) is 2.61. The first kappa shape index (κ1) is 17.4. The molecule has 0 aliphatic carbocycles. The molecule has 0 bridgehead atoms. The summed E-state index contributed by atoms with van der Waals surface area (Å²) in [5.41, 5.74) is 6.69. The van der Waals surface area contributed by atoms with Crippen LogP contribution >= 0.6 is 35.4 Å². The van der Waals surface area contributed by atoms with Gasteiger partial charge in [-0.3, -0.25) is 15.6 Å². The van der Waals surface area contributed by atoms with E-state index in [1.807, 2.05) is 30.3 Å². The average molecular weight is 391 g/mol. The monoisotopic (exact) mass is 390 g/mol. The number of anilines is 1. The van der Waals surface area contributed by atoms with Crippen LogP contribution in [0.1, 0.15) is 10.5 Å². The minimum atomic E-state index is -0.405. The van der Waals surface area contributed by atoms with Gasteiger partial charge in [-0.15, -0.1) is 0 Å². The highest BCUT2D eigenvalue weighted by Crippen LogP contribution is 2.25. The number of rotatable bonds is 2. The van der Waals surface area contributed by atoms with E-state index in [-0.39, 0.29) is 10.8 Å². The van der Waals surface area contributed by atoms with Gasteiger partial charge in [0, 0.05) is 10.4 Å². The second-order valence-corrected chi connectivity index (χ2v) is 6.30. The number of hydrogen-bond donors (Lipinski definition) is 3. The number of halogens is 2. The fraction of sp³-hybridized carbons (Fsp3) is 0. The van der Waals surface area contributed by atoms with Gasteiger partial charge in [0.15, 0.2) is 5.11 Å². The predicted molar refractivity (Wildman–Crippen MR) is 105 cm³/mol. The number of carbonyl (C=O) groups excluding carboxylic acids is 1. The number of nitrogens with one attached hydrogen (secondary N) is 3. The molecule has 8 heteroatoms. The van der Waals surface area contributed by atoms with Crippen LogP contribution in [0.25, 0.3) is 10.9 Å². The summed E-state index contributed by atoms with van der Waals surface area (Å²) in [5, 5.41) is 4.94. The summed E-state index contributed by atoms with van der Waals surface area (Å²) in [6.45, 7) is 0. The molecule has 1 aromatic heterocycles. The molecule has 1 heterocycles. The fourth-order valence-corrected chi connectivity index (χ4v) is 2.73. The molecule has 5 nitrogen and oxygen atoms in total. The molecule has 2 aromatic carbocycles. The maximum absolute atomic E-state index is 12.2. The van der Waals surface area contributed by atoms with Crippen LogP contribution in [-0.2, 0) is 0 Å². The molecule has 0 aliphatic heterocycles. The van der Waals surface area contributed by atoms with E-state index in [1.54, 1.807) is 24.3 Å². The van der Waals surface area contributed by atoms with E-state index >= 15 is 0 Å². The van der Waals surface area contributed by atoms with Crippen molar-refractivity contribution >= 4 is 63.0 Å². The van der Waals surface area contributed by atoms with Crippen molar-refractivity contribution in [3.8, 4) is 0 Å². The number of pyridine rings is 1. The van der Waals surface area contributed by atoms with Gasteiger partial charge in [-0.2, -0.15) is 0 Å². The first-order valence-corrected chi connectivity index (χ1v) is 8.37. The van der Waals surface area contributed by atoms with Gasteiger partial charge in [-0.05, 0) is 42.5 Å². The zero-order valence-corrected chi connectivity index (χ0v) is 15.0. The van der Waals surface area contributed by atoms with Crippen LogP contribution in [0.4, 0.5) is 5.69 Å². The topological polar surface area (TPSA) is 66.1 Å². The number of thiocarbonyl (C=S) groups is 1. The third-order valence-electron chi connectivity index (χ3n) is 3.30. The first-order valence-electron chi connectivity index (χ1n) is 7.21. The van der Waals surface area contributed by atoms with Crippen LogP contribution in [0.3, 0.4) is 0 Å². The van der Waals surface area contributed by atoms with Gasteiger partial charge in [-0.1, -0.05) is 47.5 Å². The van der Waals surface area contributed by atoms with E-state index in [1.165, 1.54) is 0 Å². The van der Waals surface area contributed by atoms with Crippen molar-refractivity contribution in [1.82, 2.24) is 15.8 Å². The highest BCUT2D eigenvalue weighted by molar-refractivity contribution is 7.80. The highest BCUT2D eigenvalue weighted by atomic mass is 35.5. The lowest BCUT2D eigenvalue weighted by atomic mass is 10.2. The Morgan fingerprint density at radius 3 is 2.60 bits per heavy atom. The Morgan fingerprint density at radius 1 is 1.00 bits per heavy atom. The molecule has 0 atom stereocenters. The highest BCUT2D eigenvalue weighted by Gasteiger charge is 2.09. The quantitative estimate of drug-likeness (QED) is 0.452. The Morgan fingerprint density at radius 2 is 1.80 bits per heavy atom. The SMILES string of the molecule is O=C(NNC(=S)Nc1ccc(Cl)cc1Cl)c1ccc2ccccc2n1. The first-order chi connectivity index (χ1) is 12.0. The van der Waals surface area contributed by atoms with E-state index in [0.717, 1.165) is 10.9 Å². The van der Waals surface area contributed by atoms with Crippen LogP contribution in [0.5, 0.6) is 0 Å². The molecule has 3 rings (SSSR count). The van der Waals surface area contributed by atoms with Gasteiger partial charge in [0.05, 0.1) is 16.2 Å². The molecule has 126 valence electrons. The van der Waals surface area contributed by atoms with E-state index < -0.39 is 5.91 Å². The summed E-state index contributed by atoms with van der Waals surface area (Å²) < 4.78 is 0. The maximum atomic E-state index is 12.2. The standard InChI is InChI=1S/C17H12Cl2N4OS/c18-11-6-8-14(12(19)9-11)21-17(25)23-22-16(24)15-7-5-10-3-1-2-4-13(10)20-15/h1-9H,(H,22,24)(H2,21,23,25). The van der Waals surface area contributed by atoms with E-state index in [0.29, 0.717) is 15.7 Å². The van der Waals surface area contributed by atoms with Crippen molar-refractivity contribution in [1.29, 1.82) is 0 Å². The van der Waals surface area contributed by atoms with E-state index in [9.17, 15) is 4.79 Å². The Bertz CT molecular complexity index is 964. The summed E-state index contributed by atoms with van der Waals surface area (Å²) in [4.78, 5) is 16.5. The molecule has 3 aromatic rings. The van der Waals surface area contributed by atoms with Crippen LogP contribution in [0.15, 0.2) is 54.6 Å². The van der Waals surface area contributed by atoms with Gasteiger partial charge in [0.1, 0.15) is 5.69 Å². The number of hydrogen-bond acceptors (Lipinski definition) is 3. The molecule has 25 heavy (non-hydrogen) atoms. The smallest absolute Gasteiger partial charge is 0.288 e. The Balaban J connectivity index is 1.61. The third-order valence-corrected chi connectivity index (χ3v) is 4.05. The lowest BCUT2D eigenvalue weighted by molar-refractivity contribution is 0.0939. The minimum absolute atomic E-state index is 0.179. The summed E-state index contributed by atoms with van der Waals surface area (Å²) in [7, 11) is 0. The van der Waals surface area contributed by atoms with Crippen LogP contribution in [0.2, 0.25) is 10.0 Å². The summed E-state index contributed by atoms with van der Waals surface area (Å²) in [5.74, 6) is -0.405. The van der Waals surface area contributed by atoms with Gasteiger partial charge >= 0.3 is 0 Å². The Kier molecular flexibility index (Phi) is 5.33. The normalized spacial score (nSPS) is 10.3. The summed E-state index contributed by atoms with van der Waals surface area (Å²) in [6, 6.07) is 16.0. The molecule has 1 amide bonds. The lowest BCUT2D eigenvalue weighted by Crippen LogP contribution is -2.44. The number of carbonyl (C=O) groups is 1. The molecule has 0 fully saturated rings. The van der Waals surface area contributed by atoms with Crippen LogP contribution < -0.4 is 16.2 Å². The zero-order chi connectivity index (χ0) is 17.8. The van der Waals surface area contributed by atoms with Crippen molar-refractivity contribution in [2.45, 2.75) is 0 Å².